The van der Waals surface area contributed by atoms with Gasteiger partial charge in [0.2, 0.25) is 11.8 Å². The predicted octanol–water partition coefficient (Wildman–Crippen LogP) is 5.51. The molecule has 0 aliphatic heterocycles. The molecule has 4 rings (SSSR count). The van der Waals surface area contributed by atoms with Crippen molar-refractivity contribution in [3.05, 3.63) is 66.1 Å². The molecule has 11 heteroatoms. The molecule has 1 fully saturated rings. The van der Waals surface area contributed by atoms with Crippen LogP contribution in [-0.4, -0.2) is 39.4 Å². The molecule has 2 unspecified atom stereocenters. The summed E-state index contributed by atoms with van der Waals surface area (Å²) in [5, 5.41) is 2.77. The summed E-state index contributed by atoms with van der Waals surface area (Å²) in [5.41, 5.74) is 0.673. The molecule has 0 radical (unpaired) electrons. The van der Waals surface area contributed by atoms with Crippen molar-refractivity contribution in [2.24, 2.45) is 0 Å². The fourth-order valence-electron chi connectivity index (χ4n) is 4.07. The van der Waals surface area contributed by atoms with E-state index in [-0.39, 0.29) is 31.4 Å². The number of nitrogens with one attached hydrogen (secondary N) is 1. The first kappa shape index (κ1) is 25.1. The molecule has 2 aromatic heterocycles. The molecule has 1 aliphatic carbocycles. The normalized spacial score (nSPS) is 17.4. The monoisotopic (exact) mass is 522 g/mol. The Morgan fingerprint density at radius 3 is 2.40 bits per heavy atom. The van der Waals surface area contributed by atoms with Crippen molar-refractivity contribution in [2.75, 3.05) is 4.90 Å². The number of anilines is 1. The number of nitrogens with zero attached hydrogens (tertiary/aromatic N) is 3. The Bertz CT molecular complexity index is 1140. The molecule has 0 bridgehead atoms. The van der Waals surface area contributed by atoms with Crippen molar-refractivity contribution in [2.45, 2.75) is 49.3 Å². The van der Waals surface area contributed by atoms with E-state index >= 15 is 0 Å². The zero-order chi connectivity index (χ0) is 25.0. The number of alkyl halides is 4. The minimum absolute atomic E-state index is 0.0945. The third kappa shape index (κ3) is 5.99. The Kier molecular flexibility index (Phi) is 7.71. The number of aromatic nitrogens is 2. The van der Waals surface area contributed by atoms with E-state index in [4.69, 9.17) is 11.6 Å². The Morgan fingerprint density at radius 2 is 1.83 bits per heavy atom. The molecule has 2 atom stereocenters. The van der Waals surface area contributed by atoms with Crippen LogP contribution in [0.15, 0.2) is 60.5 Å². The molecule has 2 amide bonds. The number of amides is 2. The maximum absolute atomic E-state index is 14.2. The predicted molar refractivity (Wildman–Crippen MR) is 128 cm³/mol. The number of thiazole rings is 1. The lowest BCUT2D eigenvalue weighted by atomic mass is 9.91. The molecule has 0 saturated heterocycles. The second kappa shape index (κ2) is 10.7. The van der Waals surface area contributed by atoms with Crippen molar-refractivity contribution in [1.82, 2.24) is 15.3 Å². The highest BCUT2D eigenvalue weighted by atomic mass is 35.5. The first-order valence-electron chi connectivity index (χ1n) is 10.9. The van der Waals surface area contributed by atoms with Crippen molar-refractivity contribution >= 4 is 40.4 Å². The fourth-order valence-corrected chi connectivity index (χ4v) is 4.81. The molecule has 1 saturated carbocycles. The van der Waals surface area contributed by atoms with Gasteiger partial charge in [-0.25, -0.2) is 13.2 Å². The van der Waals surface area contributed by atoms with Crippen LogP contribution in [0.2, 0.25) is 0 Å². The summed E-state index contributed by atoms with van der Waals surface area (Å²) in [4.78, 5) is 36.4. The number of hydrogen-bond donors (Lipinski definition) is 1. The third-order valence-corrected chi connectivity index (χ3v) is 6.87. The van der Waals surface area contributed by atoms with Gasteiger partial charge in [0.25, 0.3) is 11.5 Å². The largest absolute Gasteiger partial charge is 0.351 e. The van der Waals surface area contributed by atoms with E-state index in [0.29, 0.717) is 5.56 Å². The maximum atomic E-state index is 14.2. The summed E-state index contributed by atoms with van der Waals surface area (Å²) in [6, 6.07) is 7.99. The molecule has 0 spiro atoms. The van der Waals surface area contributed by atoms with E-state index in [1.54, 1.807) is 48.1 Å². The van der Waals surface area contributed by atoms with Crippen LogP contribution in [0.5, 0.6) is 0 Å². The lowest BCUT2D eigenvalue weighted by Crippen LogP contribution is -2.49. The molecule has 1 aliphatic rings. The highest BCUT2D eigenvalue weighted by molar-refractivity contribution is 7.13. The topological polar surface area (TPSA) is 75.2 Å². The van der Waals surface area contributed by atoms with E-state index in [2.05, 4.69) is 15.3 Å². The van der Waals surface area contributed by atoms with Gasteiger partial charge in [0, 0.05) is 48.7 Å². The van der Waals surface area contributed by atoms with Crippen molar-refractivity contribution in [3.63, 3.8) is 0 Å². The zero-order valence-corrected chi connectivity index (χ0v) is 20.0. The number of hydrogen-bond acceptors (Lipinski definition) is 5. The Morgan fingerprint density at radius 1 is 1.11 bits per heavy atom. The van der Waals surface area contributed by atoms with Crippen LogP contribution < -0.4 is 10.2 Å². The molecule has 6 nitrogen and oxygen atoms in total. The lowest BCUT2D eigenvalue weighted by molar-refractivity contribution is -0.128. The van der Waals surface area contributed by atoms with E-state index in [0.717, 1.165) is 15.3 Å². The SMILES string of the molecule is O=C(NC1CCC(F)(F)CC1)C(c1cccnc1)N(C(=O)C(F)Cl)c1ccc(-c2cncs2)cc1. The maximum Gasteiger partial charge on any atom is 0.278 e. The van der Waals surface area contributed by atoms with Crippen molar-refractivity contribution in [3.8, 4) is 10.4 Å². The molecule has 1 N–H and O–H groups in total. The van der Waals surface area contributed by atoms with E-state index in [1.807, 2.05) is 0 Å². The summed E-state index contributed by atoms with van der Waals surface area (Å²) in [7, 11) is 0. The van der Waals surface area contributed by atoms with Gasteiger partial charge in [0.1, 0.15) is 6.04 Å². The average molecular weight is 523 g/mol. The number of benzene rings is 1. The quantitative estimate of drug-likeness (QED) is 0.415. The van der Waals surface area contributed by atoms with Gasteiger partial charge in [-0.15, -0.1) is 11.3 Å². The van der Waals surface area contributed by atoms with Gasteiger partial charge in [-0.05, 0) is 36.6 Å². The van der Waals surface area contributed by atoms with Gasteiger partial charge in [-0.2, -0.15) is 0 Å². The zero-order valence-electron chi connectivity index (χ0n) is 18.4. The first-order valence-corrected chi connectivity index (χ1v) is 12.2. The van der Waals surface area contributed by atoms with Gasteiger partial charge in [0.05, 0.1) is 10.4 Å². The fraction of sp³-hybridized carbons (Fsp3) is 0.333. The highest BCUT2D eigenvalue weighted by Gasteiger charge is 2.39. The van der Waals surface area contributed by atoms with Crippen LogP contribution in [-0.2, 0) is 9.59 Å². The van der Waals surface area contributed by atoms with E-state index in [9.17, 15) is 22.8 Å². The molecule has 2 heterocycles. The van der Waals surface area contributed by atoms with Crippen LogP contribution in [0, 0.1) is 0 Å². The molecule has 1 aromatic carbocycles. The lowest BCUT2D eigenvalue weighted by Gasteiger charge is -2.34. The summed E-state index contributed by atoms with van der Waals surface area (Å²) in [5.74, 6) is -4.52. The van der Waals surface area contributed by atoms with Crippen LogP contribution in [0.25, 0.3) is 10.4 Å². The summed E-state index contributed by atoms with van der Waals surface area (Å²) in [6.45, 7) is 0. The minimum Gasteiger partial charge on any atom is -0.351 e. The standard InChI is InChI=1S/C24H22ClF3N4O2S/c25-21(26)23(34)32(18-5-3-15(4-6-18)19-13-30-14-35-19)20(16-2-1-11-29-12-16)22(33)31-17-7-9-24(27,28)10-8-17/h1-6,11-14,17,20-21H,7-10H2,(H,31,33). The second-order valence-electron chi connectivity index (χ2n) is 8.25. The molecule has 184 valence electrons. The van der Waals surface area contributed by atoms with Crippen molar-refractivity contribution in [1.29, 1.82) is 0 Å². The van der Waals surface area contributed by atoms with Gasteiger partial charge in [-0.3, -0.25) is 24.5 Å². The van der Waals surface area contributed by atoms with Crippen LogP contribution in [0.1, 0.15) is 37.3 Å². The minimum atomic E-state index is -2.76. The van der Waals surface area contributed by atoms with Gasteiger partial charge in [0.15, 0.2) is 0 Å². The average Bonchev–Trinajstić information content (AvgIpc) is 3.39. The third-order valence-electron chi connectivity index (χ3n) is 5.86. The Hall–Kier alpha value is -2.98. The Labute approximate surface area is 209 Å². The molecular weight excluding hydrogens is 501 g/mol. The molecular formula is C24H22ClF3N4O2S. The number of halogens is 4. The molecule has 35 heavy (non-hydrogen) atoms. The van der Waals surface area contributed by atoms with Crippen LogP contribution in [0.4, 0.5) is 18.9 Å². The summed E-state index contributed by atoms with van der Waals surface area (Å²) < 4.78 is 41.3. The molecule has 3 aromatic rings. The first-order chi connectivity index (χ1) is 16.7. The van der Waals surface area contributed by atoms with Crippen LogP contribution >= 0.6 is 22.9 Å². The number of carbonyl (C=O) groups excluding carboxylic acids is 2. The van der Waals surface area contributed by atoms with Gasteiger partial charge >= 0.3 is 0 Å². The second-order valence-corrected chi connectivity index (χ2v) is 9.52. The van der Waals surface area contributed by atoms with Gasteiger partial charge < -0.3 is 5.32 Å². The van der Waals surface area contributed by atoms with Crippen molar-refractivity contribution < 1.29 is 22.8 Å². The van der Waals surface area contributed by atoms with E-state index in [1.165, 1.54) is 23.7 Å². The smallest absolute Gasteiger partial charge is 0.278 e. The summed E-state index contributed by atoms with van der Waals surface area (Å²) >= 11 is 6.98. The number of pyridine rings is 1. The van der Waals surface area contributed by atoms with Crippen LogP contribution in [0.3, 0.4) is 0 Å². The number of rotatable bonds is 7. The summed E-state index contributed by atoms with van der Waals surface area (Å²) in [6.07, 6.45) is 4.09. The highest BCUT2D eigenvalue weighted by Crippen LogP contribution is 2.35. The van der Waals surface area contributed by atoms with E-state index < -0.39 is 35.5 Å². The number of carbonyl (C=O) groups is 2. The Balaban J connectivity index is 1.68. The van der Waals surface area contributed by atoms with Gasteiger partial charge in [-0.1, -0.05) is 29.8 Å².